The molecule has 0 fully saturated rings. The number of carboxylic acids is 1. The SMILES string of the molecule is CCC(C)C(NC(=O)C(Cc1cnc[nH]1)NC(=O)C(N)CC(N)=O)C(=O)NC(C)C(=O)O. The smallest absolute Gasteiger partial charge is 0.325 e. The molecular formula is C19H31N7O6. The number of aliphatic carboxylic acids is 1. The highest BCUT2D eigenvalue weighted by molar-refractivity contribution is 5.95. The summed E-state index contributed by atoms with van der Waals surface area (Å²) in [7, 11) is 0. The van der Waals surface area contributed by atoms with Crippen molar-refractivity contribution in [2.24, 2.45) is 17.4 Å². The third-order valence-electron chi connectivity index (χ3n) is 4.89. The number of imidazole rings is 1. The topological polar surface area (TPSA) is 222 Å². The summed E-state index contributed by atoms with van der Waals surface area (Å²) < 4.78 is 0. The van der Waals surface area contributed by atoms with Gasteiger partial charge in [0.15, 0.2) is 0 Å². The average Bonchev–Trinajstić information content (AvgIpc) is 3.22. The summed E-state index contributed by atoms with van der Waals surface area (Å²) in [6.45, 7) is 4.84. The number of carboxylic acid groups (broad SMARTS) is 1. The minimum absolute atomic E-state index is 0.00123. The van der Waals surface area contributed by atoms with E-state index in [0.717, 1.165) is 0 Å². The average molecular weight is 454 g/mol. The molecule has 0 aliphatic rings. The summed E-state index contributed by atoms with van der Waals surface area (Å²) in [4.78, 5) is 66.8. The van der Waals surface area contributed by atoms with Gasteiger partial charge in [-0.1, -0.05) is 20.3 Å². The van der Waals surface area contributed by atoms with Crippen molar-refractivity contribution in [3.63, 3.8) is 0 Å². The van der Waals surface area contributed by atoms with Gasteiger partial charge in [0.2, 0.25) is 23.6 Å². The van der Waals surface area contributed by atoms with Crippen LogP contribution in [0.15, 0.2) is 12.5 Å². The van der Waals surface area contributed by atoms with Crippen LogP contribution in [0.3, 0.4) is 0 Å². The van der Waals surface area contributed by atoms with Crippen molar-refractivity contribution >= 4 is 29.6 Å². The van der Waals surface area contributed by atoms with Crippen LogP contribution in [0.1, 0.15) is 39.3 Å². The van der Waals surface area contributed by atoms with E-state index in [-0.39, 0.29) is 12.3 Å². The first-order valence-corrected chi connectivity index (χ1v) is 10.1. The Morgan fingerprint density at radius 3 is 2.25 bits per heavy atom. The van der Waals surface area contributed by atoms with E-state index in [1.807, 2.05) is 6.92 Å². The Labute approximate surface area is 185 Å². The fraction of sp³-hybridized carbons (Fsp3) is 0.579. The number of carbonyl (C=O) groups is 5. The predicted octanol–water partition coefficient (Wildman–Crippen LogP) is -2.24. The Morgan fingerprint density at radius 2 is 1.75 bits per heavy atom. The second-order valence-corrected chi connectivity index (χ2v) is 7.56. The van der Waals surface area contributed by atoms with Gasteiger partial charge < -0.3 is 37.5 Å². The Morgan fingerprint density at radius 1 is 1.09 bits per heavy atom. The zero-order valence-electron chi connectivity index (χ0n) is 18.3. The van der Waals surface area contributed by atoms with Crippen LogP contribution in [0.5, 0.6) is 0 Å². The van der Waals surface area contributed by atoms with Gasteiger partial charge in [0.1, 0.15) is 18.1 Å². The van der Waals surface area contributed by atoms with Gasteiger partial charge in [0.25, 0.3) is 0 Å². The molecule has 0 saturated carbocycles. The highest BCUT2D eigenvalue weighted by atomic mass is 16.4. The Hall–Kier alpha value is -3.48. The first-order chi connectivity index (χ1) is 15.0. The minimum atomic E-state index is -1.25. The first kappa shape index (κ1) is 26.6. The van der Waals surface area contributed by atoms with Gasteiger partial charge in [-0.2, -0.15) is 0 Å². The Balaban J connectivity index is 3.03. The lowest BCUT2D eigenvalue weighted by Gasteiger charge is -2.27. The van der Waals surface area contributed by atoms with E-state index < -0.39 is 60.2 Å². The van der Waals surface area contributed by atoms with Gasteiger partial charge in [0.05, 0.1) is 18.8 Å². The molecule has 5 unspecified atom stereocenters. The summed E-state index contributed by atoms with van der Waals surface area (Å²) in [6.07, 6.45) is 2.97. The van der Waals surface area contributed by atoms with Gasteiger partial charge in [-0.15, -0.1) is 0 Å². The number of nitrogens with one attached hydrogen (secondary N) is 4. The van der Waals surface area contributed by atoms with Crippen LogP contribution in [-0.4, -0.2) is 68.8 Å². The standard InChI is InChI=1S/C19H31N7O6/c1-4-9(2)15(18(30)24-10(3)19(31)32)26-17(29)13(5-11-7-22-8-23-11)25-16(28)12(20)6-14(21)27/h7-10,12-13,15H,4-6,20H2,1-3H3,(H2,21,27)(H,22,23)(H,24,30)(H,25,28)(H,26,29)(H,31,32). The number of H-pyrrole nitrogens is 1. The number of carbonyl (C=O) groups excluding carboxylic acids is 4. The summed E-state index contributed by atoms with van der Waals surface area (Å²) >= 11 is 0. The lowest BCUT2D eigenvalue weighted by atomic mass is 9.97. The number of aromatic amines is 1. The van der Waals surface area contributed by atoms with Gasteiger partial charge in [0, 0.05) is 18.3 Å². The van der Waals surface area contributed by atoms with Crippen molar-refractivity contribution in [2.45, 2.75) is 64.2 Å². The second-order valence-electron chi connectivity index (χ2n) is 7.56. The quantitative estimate of drug-likeness (QED) is 0.172. The van der Waals surface area contributed by atoms with Gasteiger partial charge in [-0.25, -0.2) is 4.98 Å². The van der Waals surface area contributed by atoms with E-state index in [2.05, 4.69) is 25.9 Å². The van der Waals surface area contributed by atoms with E-state index in [1.165, 1.54) is 19.4 Å². The maximum Gasteiger partial charge on any atom is 0.325 e. The second kappa shape index (κ2) is 12.4. The molecule has 1 rings (SSSR count). The van der Waals surface area contributed by atoms with E-state index >= 15 is 0 Å². The number of amides is 4. The van der Waals surface area contributed by atoms with Crippen LogP contribution in [0.4, 0.5) is 0 Å². The Kier molecular flexibility index (Phi) is 10.3. The maximum atomic E-state index is 13.0. The molecule has 178 valence electrons. The van der Waals surface area contributed by atoms with Crippen molar-refractivity contribution in [1.82, 2.24) is 25.9 Å². The molecule has 1 aromatic heterocycles. The number of rotatable bonds is 13. The van der Waals surface area contributed by atoms with E-state index in [1.54, 1.807) is 6.92 Å². The van der Waals surface area contributed by atoms with E-state index in [4.69, 9.17) is 16.6 Å². The largest absolute Gasteiger partial charge is 0.480 e. The van der Waals surface area contributed by atoms with Crippen molar-refractivity contribution in [3.05, 3.63) is 18.2 Å². The number of nitrogens with zero attached hydrogens (tertiary/aromatic N) is 1. The summed E-state index contributed by atoms with van der Waals surface area (Å²) in [5.74, 6) is -4.46. The molecule has 9 N–H and O–H groups in total. The van der Waals surface area contributed by atoms with Crippen LogP contribution in [-0.2, 0) is 30.4 Å². The van der Waals surface area contributed by atoms with Crippen molar-refractivity contribution in [3.8, 4) is 0 Å². The molecule has 1 heterocycles. The van der Waals surface area contributed by atoms with Crippen molar-refractivity contribution in [1.29, 1.82) is 0 Å². The fourth-order valence-corrected chi connectivity index (χ4v) is 2.73. The zero-order valence-corrected chi connectivity index (χ0v) is 18.3. The third kappa shape index (κ3) is 8.34. The monoisotopic (exact) mass is 453 g/mol. The molecule has 0 saturated heterocycles. The van der Waals surface area contributed by atoms with Gasteiger partial charge >= 0.3 is 5.97 Å². The Bertz CT molecular complexity index is 813. The predicted molar refractivity (Wildman–Crippen MR) is 113 cm³/mol. The fourth-order valence-electron chi connectivity index (χ4n) is 2.73. The molecule has 1 aromatic rings. The van der Waals surface area contributed by atoms with E-state index in [9.17, 15) is 24.0 Å². The third-order valence-corrected chi connectivity index (χ3v) is 4.89. The molecule has 4 amide bonds. The maximum absolute atomic E-state index is 13.0. The van der Waals surface area contributed by atoms with E-state index in [0.29, 0.717) is 12.1 Å². The van der Waals surface area contributed by atoms with Crippen molar-refractivity contribution in [2.75, 3.05) is 0 Å². The number of primary amides is 1. The normalized spacial score (nSPS) is 15.5. The molecule has 32 heavy (non-hydrogen) atoms. The highest BCUT2D eigenvalue weighted by Crippen LogP contribution is 2.10. The zero-order chi connectivity index (χ0) is 24.4. The lowest BCUT2D eigenvalue weighted by molar-refractivity contribution is -0.142. The van der Waals surface area contributed by atoms with Crippen LogP contribution < -0.4 is 27.4 Å². The molecule has 13 nitrogen and oxygen atoms in total. The first-order valence-electron chi connectivity index (χ1n) is 10.1. The molecule has 0 aliphatic carbocycles. The highest BCUT2D eigenvalue weighted by Gasteiger charge is 2.32. The molecule has 0 aromatic carbocycles. The molecule has 0 radical (unpaired) electrons. The molecule has 0 spiro atoms. The molecule has 13 heteroatoms. The van der Waals surface area contributed by atoms with Crippen LogP contribution in [0.25, 0.3) is 0 Å². The van der Waals surface area contributed by atoms with Gasteiger partial charge in [-0.05, 0) is 12.8 Å². The number of hydrogen-bond donors (Lipinski definition) is 7. The lowest BCUT2D eigenvalue weighted by Crippen LogP contribution is -2.59. The summed E-state index contributed by atoms with van der Waals surface area (Å²) in [6, 6.07) is -4.61. The molecular weight excluding hydrogens is 422 g/mol. The van der Waals surface area contributed by atoms with Crippen LogP contribution >= 0.6 is 0 Å². The van der Waals surface area contributed by atoms with Crippen LogP contribution in [0.2, 0.25) is 0 Å². The molecule has 5 atom stereocenters. The van der Waals surface area contributed by atoms with Crippen LogP contribution in [0, 0.1) is 5.92 Å². The van der Waals surface area contributed by atoms with Gasteiger partial charge in [-0.3, -0.25) is 24.0 Å². The summed E-state index contributed by atoms with van der Waals surface area (Å²) in [5.41, 5.74) is 11.2. The number of nitrogens with two attached hydrogens (primary N) is 2. The summed E-state index contributed by atoms with van der Waals surface area (Å²) in [5, 5.41) is 16.4. The number of hydrogen-bond acceptors (Lipinski definition) is 7. The number of aromatic nitrogens is 2. The van der Waals surface area contributed by atoms with Crippen molar-refractivity contribution < 1.29 is 29.1 Å². The molecule has 0 bridgehead atoms. The molecule has 0 aliphatic heterocycles. The minimum Gasteiger partial charge on any atom is -0.480 e.